The molecule has 1 saturated heterocycles. The molecule has 2 heterocycles. The summed E-state index contributed by atoms with van der Waals surface area (Å²) in [6.45, 7) is 2.03. The van der Waals surface area contributed by atoms with Crippen LogP contribution in [-0.2, 0) is 22.4 Å². The minimum atomic E-state index is -0.221. The molecule has 31 heavy (non-hydrogen) atoms. The fourth-order valence-corrected chi connectivity index (χ4v) is 4.95. The Balaban J connectivity index is 1.34. The number of anilines is 1. The van der Waals surface area contributed by atoms with Gasteiger partial charge in [-0.1, -0.05) is 18.2 Å². The molecule has 2 aromatic carbocycles. The molecule has 1 aromatic heterocycles. The lowest BCUT2D eigenvalue weighted by atomic mass is 10.1. The van der Waals surface area contributed by atoms with Gasteiger partial charge in [-0.25, -0.2) is 0 Å². The zero-order valence-corrected chi connectivity index (χ0v) is 18.0. The van der Waals surface area contributed by atoms with Gasteiger partial charge >= 0.3 is 0 Å². The average molecular weight is 437 g/mol. The number of para-hydroxylation sites is 1. The number of thioether (sulfide) groups is 1. The van der Waals surface area contributed by atoms with E-state index in [-0.39, 0.29) is 23.3 Å². The van der Waals surface area contributed by atoms with E-state index in [1.807, 2.05) is 18.2 Å². The summed E-state index contributed by atoms with van der Waals surface area (Å²) in [5, 5.41) is 3.68. The Kier molecular flexibility index (Phi) is 5.70. The van der Waals surface area contributed by atoms with Crippen molar-refractivity contribution in [3.63, 3.8) is 0 Å². The van der Waals surface area contributed by atoms with Crippen LogP contribution in [0.1, 0.15) is 28.1 Å². The Labute approximate surface area is 184 Å². The summed E-state index contributed by atoms with van der Waals surface area (Å²) >= 11 is 1.51. The lowest BCUT2D eigenvalue weighted by Crippen LogP contribution is -2.40. The molecule has 2 aliphatic rings. The summed E-state index contributed by atoms with van der Waals surface area (Å²) < 4.78 is 11.2. The Bertz CT molecular complexity index is 1130. The fraction of sp³-hybridized carbons (Fsp3) is 0.333. The molecule has 160 valence electrons. The van der Waals surface area contributed by atoms with Gasteiger partial charge in [0.1, 0.15) is 11.3 Å². The first-order valence-electron chi connectivity index (χ1n) is 10.6. The van der Waals surface area contributed by atoms with Gasteiger partial charge in [-0.3, -0.25) is 9.59 Å². The van der Waals surface area contributed by atoms with Crippen LogP contribution < -0.4 is 5.32 Å². The zero-order valence-electron chi connectivity index (χ0n) is 17.2. The van der Waals surface area contributed by atoms with Gasteiger partial charge in [0, 0.05) is 23.4 Å². The third kappa shape index (κ3) is 4.20. The van der Waals surface area contributed by atoms with Crippen molar-refractivity contribution < 1.29 is 18.7 Å². The Morgan fingerprint density at radius 3 is 2.71 bits per heavy atom. The van der Waals surface area contributed by atoms with E-state index in [0.717, 1.165) is 23.1 Å². The highest BCUT2D eigenvalue weighted by molar-refractivity contribution is 8.00. The monoisotopic (exact) mass is 436 g/mol. The van der Waals surface area contributed by atoms with Crippen LogP contribution in [0, 0.1) is 0 Å². The minimum absolute atomic E-state index is 0.159. The second-order valence-corrected chi connectivity index (χ2v) is 8.88. The van der Waals surface area contributed by atoms with Crippen LogP contribution in [-0.4, -0.2) is 48.8 Å². The van der Waals surface area contributed by atoms with Gasteiger partial charge in [0.15, 0.2) is 0 Å². The van der Waals surface area contributed by atoms with Gasteiger partial charge < -0.3 is 19.4 Å². The molecular weight excluding hydrogens is 412 g/mol. The lowest BCUT2D eigenvalue weighted by molar-refractivity contribution is -0.113. The van der Waals surface area contributed by atoms with E-state index in [1.54, 1.807) is 11.0 Å². The summed E-state index contributed by atoms with van der Waals surface area (Å²) in [6, 6.07) is 13.8. The van der Waals surface area contributed by atoms with Crippen molar-refractivity contribution in [3.8, 4) is 0 Å². The molecule has 1 aliphatic carbocycles. The van der Waals surface area contributed by atoms with Crippen LogP contribution in [0.4, 0.5) is 5.69 Å². The van der Waals surface area contributed by atoms with Gasteiger partial charge in [-0.05, 0) is 54.7 Å². The number of nitrogens with zero attached hydrogens (tertiary/aromatic N) is 1. The molecule has 5 rings (SSSR count). The van der Waals surface area contributed by atoms with E-state index in [1.165, 1.54) is 29.3 Å². The Morgan fingerprint density at radius 2 is 1.84 bits per heavy atom. The SMILES string of the molecule is O=C(CSc1ccc2c(c1)CCC2)Nc1c(C(=O)N2CCOCC2)oc2ccccc12. The number of nitrogens with one attached hydrogen (secondary N) is 1. The van der Waals surface area contributed by atoms with E-state index in [4.69, 9.17) is 9.15 Å². The van der Waals surface area contributed by atoms with E-state index in [9.17, 15) is 9.59 Å². The number of carbonyl (C=O) groups is 2. The van der Waals surface area contributed by atoms with Crippen molar-refractivity contribution in [3.05, 3.63) is 59.4 Å². The number of ether oxygens (including phenoxy) is 1. The summed E-state index contributed by atoms with van der Waals surface area (Å²) in [4.78, 5) is 28.7. The number of hydrogen-bond donors (Lipinski definition) is 1. The molecule has 7 heteroatoms. The van der Waals surface area contributed by atoms with Gasteiger partial charge in [-0.2, -0.15) is 0 Å². The Morgan fingerprint density at radius 1 is 1.03 bits per heavy atom. The predicted molar refractivity (Wildman–Crippen MR) is 121 cm³/mol. The van der Waals surface area contributed by atoms with Crippen molar-refractivity contribution in [2.75, 3.05) is 37.4 Å². The molecule has 1 N–H and O–H groups in total. The molecule has 0 unspecified atom stereocenters. The summed E-state index contributed by atoms with van der Waals surface area (Å²) in [5.41, 5.74) is 3.85. The highest BCUT2D eigenvalue weighted by Crippen LogP contribution is 2.33. The first kappa shape index (κ1) is 20.2. The molecule has 0 bridgehead atoms. The van der Waals surface area contributed by atoms with E-state index in [2.05, 4.69) is 23.5 Å². The van der Waals surface area contributed by atoms with Crippen LogP contribution in [0.25, 0.3) is 11.0 Å². The standard InChI is InChI=1S/C24H24N2O4S/c27-21(15-31-18-9-8-16-4-3-5-17(16)14-18)25-22-19-6-1-2-7-20(19)30-23(22)24(28)26-10-12-29-13-11-26/h1-2,6-9,14H,3-5,10-13,15H2,(H,25,27). The number of benzene rings is 2. The first-order chi connectivity index (χ1) is 15.2. The van der Waals surface area contributed by atoms with Crippen molar-refractivity contribution >= 4 is 40.2 Å². The van der Waals surface area contributed by atoms with Crippen LogP contribution in [0.2, 0.25) is 0 Å². The van der Waals surface area contributed by atoms with E-state index < -0.39 is 0 Å². The second-order valence-electron chi connectivity index (χ2n) is 7.83. The average Bonchev–Trinajstić information content (AvgIpc) is 3.42. The van der Waals surface area contributed by atoms with Crippen LogP contribution in [0.5, 0.6) is 0 Å². The van der Waals surface area contributed by atoms with Crippen LogP contribution in [0.15, 0.2) is 51.8 Å². The van der Waals surface area contributed by atoms with Crippen molar-refractivity contribution in [2.45, 2.75) is 24.2 Å². The first-order valence-corrected chi connectivity index (χ1v) is 11.6. The number of fused-ring (bicyclic) bond motifs is 2. The molecule has 2 amide bonds. The molecule has 6 nitrogen and oxygen atoms in total. The van der Waals surface area contributed by atoms with Gasteiger partial charge in [-0.15, -0.1) is 11.8 Å². The van der Waals surface area contributed by atoms with Crippen molar-refractivity contribution in [2.24, 2.45) is 0 Å². The number of hydrogen-bond acceptors (Lipinski definition) is 5. The summed E-state index contributed by atoms with van der Waals surface area (Å²) in [5.74, 6) is 0.0665. The number of morpholine rings is 1. The van der Waals surface area contributed by atoms with Crippen LogP contribution >= 0.6 is 11.8 Å². The third-order valence-corrected chi connectivity index (χ3v) is 6.79. The number of rotatable bonds is 5. The topological polar surface area (TPSA) is 71.8 Å². The molecular formula is C24H24N2O4S. The van der Waals surface area contributed by atoms with Gasteiger partial charge in [0.25, 0.3) is 5.91 Å². The quantitative estimate of drug-likeness (QED) is 0.609. The smallest absolute Gasteiger partial charge is 0.291 e. The van der Waals surface area contributed by atoms with E-state index in [0.29, 0.717) is 37.6 Å². The number of carbonyl (C=O) groups excluding carboxylic acids is 2. The van der Waals surface area contributed by atoms with Gasteiger partial charge in [0.2, 0.25) is 11.7 Å². The van der Waals surface area contributed by atoms with Crippen molar-refractivity contribution in [1.82, 2.24) is 4.90 Å². The molecule has 0 atom stereocenters. The third-order valence-electron chi connectivity index (χ3n) is 5.79. The molecule has 0 radical (unpaired) electrons. The molecule has 1 aliphatic heterocycles. The highest BCUT2D eigenvalue weighted by atomic mass is 32.2. The predicted octanol–water partition coefficient (Wildman–Crippen LogP) is 4.12. The maximum Gasteiger partial charge on any atom is 0.291 e. The highest BCUT2D eigenvalue weighted by Gasteiger charge is 2.27. The normalized spacial score (nSPS) is 15.8. The molecule has 3 aromatic rings. The van der Waals surface area contributed by atoms with Crippen molar-refractivity contribution in [1.29, 1.82) is 0 Å². The second kappa shape index (κ2) is 8.77. The molecule has 1 fully saturated rings. The van der Waals surface area contributed by atoms with Gasteiger partial charge in [0.05, 0.1) is 19.0 Å². The number of furan rings is 1. The molecule has 0 saturated carbocycles. The lowest BCUT2D eigenvalue weighted by Gasteiger charge is -2.26. The number of aryl methyl sites for hydroxylation is 2. The summed E-state index contributed by atoms with van der Waals surface area (Å²) in [6.07, 6.45) is 3.47. The molecule has 0 spiro atoms. The van der Waals surface area contributed by atoms with E-state index >= 15 is 0 Å². The maximum absolute atomic E-state index is 13.1. The fourth-order valence-electron chi connectivity index (χ4n) is 4.19. The largest absolute Gasteiger partial charge is 0.449 e. The summed E-state index contributed by atoms with van der Waals surface area (Å²) in [7, 11) is 0. The van der Waals surface area contributed by atoms with Crippen LogP contribution in [0.3, 0.4) is 0 Å². The minimum Gasteiger partial charge on any atom is -0.449 e. The zero-order chi connectivity index (χ0) is 21.2. The maximum atomic E-state index is 13.1. The number of amides is 2. The Hall–Kier alpha value is -2.77.